The van der Waals surface area contributed by atoms with Crippen molar-refractivity contribution in [2.75, 3.05) is 5.73 Å². The first-order valence-electron chi connectivity index (χ1n) is 6.24. The van der Waals surface area contributed by atoms with E-state index in [1.54, 1.807) is 48.5 Å². The Morgan fingerprint density at radius 2 is 1.71 bits per heavy atom. The Kier molecular flexibility index (Phi) is 4.79. The first kappa shape index (κ1) is 14.9. The summed E-state index contributed by atoms with van der Waals surface area (Å²) in [6, 6.07) is 13.0. The molecule has 4 N–H and O–H groups in total. The van der Waals surface area contributed by atoms with Crippen LogP contribution in [0.2, 0.25) is 5.02 Å². The first-order valence-corrected chi connectivity index (χ1v) is 6.62. The number of imide groups is 1. The molecule has 21 heavy (non-hydrogen) atoms. The topological polar surface area (TPSA) is 84.2 Å². The van der Waals surface area contributed by atoms with Crippen molar-refractivity contribution < 1.29 is 9.59 Å². The molecule has 108 valence electrons. The van der Waals surface area contributed by atoms with Gasteiger partial charge in [-0.3, -0.25) is 10.1 Å². The summed E-state index contributed by atoms with van der Waals surface area (Å²) >= 11 is 5.77. The Morgan fingerprint density at radius 3 is 2.38 bits per heavy atom. The second-order valence-corrected chi connectivity index (χ2v) is 4.79. The normalized spacial score (nSPS) is 9.95. The zero-order valence-corrected chi connectivity index (χ0v) is 11.9. The van der Waals surface area contributed by atoms with Crippen molar-refractivity contribution in [3.8, 4) is 0 Å². The Hall–Kier alpha value is -2.53. The summed E-state index contributed by atoms with van der Waals surface area (Å²) in [4.78, 5) is 23.5. The van der Waals surface area contributed by atoms with Gasteiger partial charge in [-0.25, -0.2) is 4.79 Å². The Morgan fingerprint density at radius 1 is 1.05 bits per heavy atom. The van der Waals surface area contributed by atoms with Gasteiger partial charge in [0, 0.05) is 17.3 Å². The van der Waals surface area contributed by atoms with Crippen molar-refractivity contribution in [2.45, 2.75) is 6.54 Å². The van der Waals surface area contributed by atoms with Crippen LogP contribution in [0.25, 0.3) is 0 Å². The Balaban J connectivity index is 1.89. The van der Waals surface area contributed by atoms with Crippen LogP contribution in [-0.4, -0.2) is 11.9 Å². The van der Waals surface area contributed by atoms with Crippen molar-refractivity contribution in [1.82, 2.24) is 10.6 Å². The van der Waals surface area contributed by atoms with E-state index in [0.717, 1.165) is 5.56 Å². The number of urea groups is 1. The highest BCUT2D eigenvalue weighted by Crippen LogP contribution is 2.10. The van der Waals surface area contributed by atoms with Gasteiger partial charge in [0.1, 0.15) is 0 Å². The third-order valence-corrected chi connectivity index (χ3v) is 3.05. The van der Waals surface area contributed by atoms with E-state index in [4.69, 9.17) is 17.3 Å². The maximum Gasteiger partial charge on any atom is 0.321 e. The minimum Gasteiger partial charge on any atom is -0.398 e. The van der Waals surface area contributed by atoms with Gasteiger partial charge < -0.3 is 11.1 Å². The van der Waals surface area contributed by atoms with Gasteiger partial charge in [-0.05, 0) is 29.8 Å². The Bertz CT molecular complexity index is 656. The lowest BCUT2D eigenvalue weighted by atomic mass is 10.2. The summed E-state index contributed by atoms with van der Waals surface area (Å²) in [5.74, 6) is -0.540. The lowest BCUT2D eigenvalue weighted by Crippen LogP contribution is -2.39. The van der Waals surface area contributed by atoms with Crippen LogP contribution in [0.4, 0.5) is 10.5 Å². The third kappa shape index (κ3) is 4.22. The fourth-order valence-corrected chi connectivity index (χ4v) is 1.83. The van der Waals surface area contributed by atoms with Gasteiger partial charge in [-0.1, -0.05) is 35.9 Å². The largest absolute Gasteiger partial charge is 0.398 e. The molecule has 0 aromatic heterocycles. The smallest absolute Gasteiger partial charge is 0.321 e. The number of carbonyl (C=O) groups excluding carboxylic acids is 2. The maximum atomic E-state index is 11.9. The number of nitrogen functional groups attached to an aromatic ring is 1. The fraction of sp³-hybridized carbons (Fsp3) is 0.0667. The van der Waals surface area contributed by atoms with Gasteiger partial charge in [0.15, 0.2) is 0 Å². The molecule has 2 rings (SSSR count). The molecule has 2 aromatic carbocycles. The average molecular weight is 304 g/mol. The molecule has 0 bridgehead atoms. The van der Waals surface area contributed by atoms with Crippen LogP contribution in [-0.2, 0) is 6.54 Å². The molecule has 0 heterocycles. The third-order valence-electron chi connectivity index (χ3n) is 2.80. The predicted molar refractivity (Wildman–Crippen MR) is 82.0 cm³/mol. The number of nitrogens with two attached hydrogens (primary N) is 1. The molecule has 0 fully saturated rings. The zero-order valence-electron chi connectivity index (χ0n) is 11.1. The summed E-state index contributed by atoms with van der Waals surface area (Å²) in [6.07, 6.45) is 0. The predicted octanol–water partition coefficient (Wildman–Crippen LogP) is 2.56. The van der Waals surface area contributed by atoms with E-state index in [9.17, 15) is 9.59 Å². The van der Waals surface area contributed by atoms with Crippen LogP contribution in [0, 0.1) is 0 Å². The second-order valence-electron chi connectivity index (χ2n) is 4.35. The lowest BCUT2D eigenvalue weighted by molar-refractivity contribution is 0.0965. The SMILES string of the molecule is Nc1ccccc1C(=O)NC(=O)NCc1ccc(Cl)cc1. The highest BCUT2D eigenvalue weighted by atomic mass is 35.5. The average Bonchev–Trinajstić information content (AvgIpc) is 2.47. The number of rotatable bonds is 3. The van der Waals surface area contributed by atoms with E-state index in [2.05, 4.69) is 10.6 Å². The van der Waals surface area contributed by atoms with Crippen LogP contribution in [0.3, 0.4) is 0 Å². The van der Waals surface area contributed by atoms with Gasteiger partial charge in [0.25, 0.3) is 5.91 Å². The number of para-hydroxylation sites is 1. The van der Waals surface area contributed by atoms with Crippen LogP contribution in [0.1, 0.15) is 15.9 Å². The van der Waals surface area contributed by atoms with E-state index < -0.39 is 11.9 Å². The summed E-state index contributed by atoms with van der Waals surface area (Å²) < 4.78 is 0. The number of hydrogen-bond donors (Lipinski definition) is 3. The minimum absolute atomic E-state index is 0.263. The molecule has 5 nitrogen and oxygen atoms in total. The molecular weight excluding hydrogens is 290 g/mol. The molecule has 0 aliphatic carbocycles. The number of halogens is 1. The van der Waals surface area contributed by atoms with E-state index in [0.29, 0.717) is 17.3 Å². The molecule has 0 unspecified atom stereocenters. The molecule has 0 spiro atoms. The van der Waals surface area contributed by atoms with Crippen LogP contribution in [0.15, 0.2) is 48.5 Å². The number of amides is 3. The minimum atomic E-state index is -0.585. The van der Waals surface area contributed by atoms with Crippen molar-refractivity contribution in [1.29, 1.82) is 0 Å². The molecule has 0 radical (unpaired) electrons. The van der Waals surface area contributed by atoms with Gasteiger partial charge in [-0.2, -0.15) is 0 Å². The van der Waals surface area contributed by atoms with Crippen LogP contribution in [0.5, 0.6) is 0 Å². The number of carbonyl (C=O) groups is 2. The van der Waals surface area contributed by atoms with E-state index in [1.165, 1.54) is 0 Å². The van der Waals surface area contributed by atoms with Gasteiger partial charge >= 0.3 is 6.03 Å². The monoisotopic (exact) mass is 303 g/mol. The Labute approximate surface area is 127 Å². The fourth-order valence-electron chi connectivity index (χ4n) is 1.70. The molecule has 0 saturated heterocycles. The number of benzene rings is 2. The first-order chi connectivity index (χ1) is 10.1. The van der Waals surface area contributed by atoms with Gasteiger partial charge in [-0.15, -0.1) is 0 Å². The van der Waals surface area contributed by atoms with Gasteiger partial charge in [0.05, 0.1) is 5.56 Å². The molecule has 2 aromatic rings. The van der Waals surface area contributed by atoms with Crippen molar-refractivity contribution >= 4 is 29.2 Å². The van der Waals surface area contributed by atoms with E-state index in [-0.39, 0.29) is 5.56 Å². The second kappa shape index (κ2) is 6.76. The summed E-state index contributed by atoms with van der Waals surface area (Å²) in [7, 11) is 0. The standard InChI is InChI=1S/C15H14ClN3O2/c16-11-7-5-10(6-8-11)9-18-15(21)19-14(20)12-3-1-2-4-13(12)17/h1-8H,9,17H2,(H2,18,19,20,21). The van der Waals surface area contributed by atoms with E-state index >= 15 is 0 Å². The summed E-state index contributed by atoms with van der Waals surface area (Å²) in [5.41, 5.74) is 7.13. The lowest BCUT2D eigenvalue weighted by Gasteiger charge is -2.08. The molecule has 6 heteroatoms. The molecule has 0 saturated carbocycles. The highest BCUT2D eigenvalue weighted by molar-refractivity contribution is 6.30. The van der Waals surface area contributed by atoms with E-state index in [1.807, 2.05) is 0 Å². The maximum absolute atomic E-state index is 11.9. The van der Waals surface area contributed by atoms with Crippen molar-refractivity contribution in [3.05, 3.63) is 64.7 Å². The highest BCUT2D eigenvalue weighted by Gasteiger charge is 2.12. The summed E-state index contributed by atoms with van der Waals surface area (Å²) in [6.45, 7) is 0.292. The van der Waals surface area contributed by atoms with Crippen LogP contribution >= 0.6 is 11.6 Å². The molecule has 3 amide bonds. The van der Waals surface area contributed by atoms with Crippen molar-refractivity contribution in [2.24, 2.45) is 0 Å². The number of anilines is 1. The summed E-state index contributed by atoms with van der Waals surface area (Å²) in [5, 5.41) is 5.43. The molecular formula is C15H14ClN3O2. The molecule has 0 atom stereocenters. The van der Waals surface area contributed by atoms with Crippen molar-refractivity contribution in [3.63, 3.8) is 0 Å². The zero-order chi connectivity index (χ0) is 15.2. The van der Waals surface area contributed by atoms with Crippen LogP contribution < -0.4 is 16.4 Å². The molecule has 0 aliphatic rings. The quantitative estimate of drug-likeness (QED) is 0.762. The van der Waals surface area contributed by atoms with Gasteiger partial charge in [0.2, 0.25) is 0 Å². The number of nitrogens with one attached hydrogen (secondary N) is 2. The molecule has 0 aliphatic heterocycles. The number of hydrogen-bond acceptors (Lipinski definition) is 3.